The zero-order valence-corrected chi connectivity index (χ0v) is 11.6. The molecule has 0 aliphatic heterocycles. The Morgan fingerprint density at radius 1 is 0.950 bits per heavy atom. The van der Waals surface area contributed by atoms with Gasteiger partial charge in [0.15, 0.2) is 0 Å². The minimum atomic E-state index is -0.517. The first-order chi connectivity index (χ1) is 9.70. The van der Waals surface area contributed by atoms with Crippen LogP contribution < -0.4 is 5.32 Å². The van der Waals surface area contributed by atoms with E-state index in [9.17, 15) is 8.78 Å². The highest BCUT2D eigenvalue weighted by molar-refractivity contribution is 5.45. The lowest BCUT2D eigenvalue weighted by Gasteiger charge is -2.09. The molecule has 106 valence electrons. The maximum Gasteiger partial charge on any atom is 0.131 e. The lowest BCUT2D eigenvalue weighted by molar-refractivity contribution is 0.560. The van der Waals surface area contributed by atoms with Gasteiger partial charge in [0.1, 0.15) is 11.6 Å². The second kappa shape index (κ2) is 7.04. The summed E-state index contributed by atoms with van der Waals surface area (Å²) in [7, 11) is 0. The molecular formula is C17H19F2N. The molecule has 1 N–H and O–H groups in total. The van der Waals surface area contributed by atoms with Crippen LogP contribution in [0.2, 0.25) is 0 Å². The first-order valence-corrected chi connectivity index (χ1v) is 6.96. The van der Waals surface area contributed by atoms with E-state index in [1.54, 1.807) is 0 Å². The zero-order chi connectivity index (χ0) is 14.4. The molecule has 20 heavy (non-hydrogen) atoms. The van der Waals surface area contributed by atoms with Crippen molar-refractivity contribution in [2.24, 2.45) is 0 Å². The molecule has 2 rings (SSSR count). The number of aryl methyl sites for hydroxylation is 1. The molecule has 2 aromatic carbocycles. The number of unbranched alkanes of at least 4 members (excludes halogenated alkanes) is 1. The maximum absolute atomic E-state index is 13.5. The predicted molar refractivity (Wildman–Crippen MR) is 78.7 cm³/mol. The van der Waals surface area contributed by atoms with Crippen LogP contribution >= 0.6 is 0 Å². The fourth-order valence-electron chi connectivity index (χ4n) is 2.06. The molecule has 1 nitrogen and oxygen atoms in total. The van der Waals surface area contributed by atoms with Gasteiger partial charge in [0, 0.05) is 17.8 Å². The number of rotatable bonds is 6. The molecule has 0 saturated carbocycles. The predicted octanol–water partition coefficient (Wildman–Crippen LogP) is 4.92. The Morgan fingerprint density at radius 2 is 1.60 bits per heavy atom. The molecular weight excluding hydrogens is 256 g/mol. The van der Waals surface area contributed by atoms with Crippen molar-refractivity contribution in [1.29, 1.82) is 0 Å². The molecule has 2 aromatic rings. The third kappa shape index (κ3) is 3.80. The third-order valence-corrected chi connectivity index (χ3v) is 3.30. The van der Waals surface area contributed by atoms with Crippen molar-refractivity contribution in [2.45, 2.75) is 32.7 Å². The first-order valence-electron chi connectivity index (χ1n) is 6.96. The summed E-state index contributed by atoms with van der Waals surface area (Å²) in [5.41, 5.74) is 2.23. The van der Waals surface area contributed by atoms with E-state index in [0.29, 0.717) is 0 Å². The monoisotopic (exact) mass is 275 g/mol. The van der Waals surface area contributed by atoms with Crippen LogP contribution in [0.15, 0.2) is 42.5 Å². The van der Waals surface area contributed by atoms with Crippen molar-refractivity contribution >= 4 is 5.69 Å². The number of benzene rings is 2. The molecule has 0 aliphatic carbocycles. The van der Waals surface area contributed by atoms with Crippen LogP contribution in [0.25, 0.3) is 0 Å². The lowest BCUT2D eigenvalue weighted by atomic mass is 10.1. The summed E-state index contributed by atoms with van der Waals surface area (Å²) in [6.45, 7) is 2.31. The molecule has 0 saturated heterocycles. The Kier molecular flexibility index (Phi) is 5.10. The van der Waals surface area contributed by atoms with Gasteiger partial charge in [-0.2, -0.15) is 0 Å². The van der Waals surface area contributed by atoms with E-state index >= 15 is 0 Å². The molecule has 0 radical (unpaired) electrons. The van der Waals surface area contributed by atoms with Gasteiger partial charge in [-0.3, -0.25) is 0 Å². The van der Waals surface area contributed by atoms with E-state index < -0.39 is 11.6 Å². The molecule has 0 amide bonds. The Balaban J connectivity index is 1.97. The number of nitrogens with one attached hydrogen (secondary N) is 1. The van der Waals surface area contributed by atoms with Gasteiger partial charge >= 0.3 is 0 Å². The van der Waals surface area contributed by atoms with Gasteiger partial charge < -0.3 is 5.32 Å². The summed E-state index contributed by atoms with van der Waals surface area (Å²) >= 11 is 0. The fourth-order valence-corrected chi connectivity index (χ4v) is 2.06. The number of hydrogen-bond donors (Lipinski definition) is 1. The normalized spacial score (nSPS) is 10.6. The highest BCUT2D eigenvalue weighted by Gasteiger charge is 2.07. The average Bonchev–Trinajstić information content (AvgIpc) is 2.46. The molecule has 0 aliphatic rings. The fraction of sp³-hybridized carbons (Fsp3) is 0.294. The van der Waals surface area contributed by atoms with E-state index in [2.05, 4.69) is 24.4 Å². The van der Waals surface area contributed by atoms with Crippen LogP contribution in [0.3, 0.4) is 0 Å². The number of anilines is 1. The molecule has 0 bridgehead atoms. The van der Waals surface area contributed by atoms with Crippen LogP contribution in [-0.4, -0.2) is 0 Å². The Labute approximate surface area is 118 Å². The molecule has 0 aromatic heterocycles. The van der Waals surface area contributed by atoms with E-state index in [1.165, 1.54) is 36.6 Å². The molecule has 3 heteroatoms. The van der Waals surface area contributed by atoms with Gasteiger partial charge in [-0.05, 0) is 42.7 Å². The Bertz CT molecular complexity index is 529. The largest absolute Gasteiger partial charge is 0.381 e. The minimum absolute atomic E-state index is 0.0718. The summed E-state index contributed by atoms with van der Waals surface area (Å²) in [6.07, 6.45) is 3.42. The smallest absolute Gasteiger partial charge is 0.131 e. The number of hydrogen-bond acceptors (Lipinski definition) is 1. The van der Waals surface area contributed by atoms with Gasteiger partial charge in [-0.25, -0.2) is 8.78 Å². The summed E-state index contributed by atoms with van der Waals surface area (Å²) < 4.78 is 27.0. The second-order valence-corrected chi connectivity index (χ2v) is 4.85. The van der Waals surface area contributed by atoms with Crippen LogP contribution in [0.4, 0.5) is 14.5 Å². The van der Waals surface area contributed by atoms with Crippen LogP contribution in [-0.2, 0) is 13.0 Å². The number of halogens is 2. The Morgan fingerprint density at radius 3 is 2.20 bits per heavy atom. The molecule has 0 heterocycles. The molecule has 0 spiro atoms. The SMILES string of the molecule is CCCCc1ccc(NCc2c(F)cccc2F)cc1. The van der Waals surface area contributed by atoms with Crippen molar-refractivity contribution in [1.82, 2.24) is 0 Å². The van der Waals surface area contributed by atoms with Crippen molar-refractivity contribution < 1.29 is 8.78 Å². The summed E-state index contributed by atoms with van der Waals surface area (Å²) in [5, 5.41) is 3.05. The van der Waals surface area contributed by atoms with Crippen LogP contribution in [0.1, 0.15) is 30.9 Å². The van der Waals surface area contributed by atoms with E-state index in [-0.39, 0.29) is 12.1 Å². The van der Waals surface area contributed by atoms with E-state index in [1.807, 2.05) is 12.1 Å². The van der Waals surface area contributed by atoms with Gasteiger partial charge in [0.25, 0.3) is 0 Å². The van der Waals surface area contributed by atoms with E-state index in [4.69, 9.17) is 0 Å². The van der Waals surface area contributed by atoms with E-state index in [0.717, 1.165) is 12.1 Å². The molecule has 0 fully saturated rings. The van der Waals surface area contributed by atoms with Gasteiger partial charge in [-0.1, -0.05) is 31.5 Å². The molecule has 0 atom stereocenters. The average molecular weight is 275 g/mol. The third-order valence-electron chi connectivity index (χ3n) is 3.30. The topological polar surface area (TPSA) is 12.0 Å². The highest BCUT2D eigenvalue weighted by atomic mass is 19.1. The highest BCUT2D eigenvalue weighted by Crippen LogP contribution is 2.16. The summed E-state index contributed by atoms with van der Waals surface area (Å²) in [5.74, 6) is -1.03. The van der Waals surface area contributed by atoms with Gasteiger partial charge in [-0.15, -0.1) is 0 Å². The van der Waals surface area contributed by atoms with Gasteiger partial charge in [0.05, 0.1) is 0 Å². The molecule has 0 unspecified atom stereocenters. The van der Waals surface area contributed by atoms with Crippen molar-refractivity contribution in [2.75, 3.05) is 5.32 Å². The second-order valence-electron chi connectivity index (χ2n) is 4.85. The zero-order valence-electron chi connectivity index (χ0n) is 11.6. The van der Waals surface area contributed by atoms with Crippen LogP contribution in [0, 0.1) is 11.6 Å². The van der Waals surface area contributed by atoms with Gasteiger partial charge in [0.2, 0.25) is 0 Å². The minimum Gasteiger partial charge on any atom is -0.381 e. The summed E-state index contributed by atoms with van der Waals surface area (Å²) in [6, 6.07) is 11.9. The summed E-state index contributed by atoms with van der Waals surface area (Å²) in [4.78, 5) is 0. The van der Waals surface area contributed by atoms with Crippen molar-refractivity contribution in [3.8, 4) is 0 Å². The first kappa shape index (κ1) is 14.5. The van der Waals surface area contributed by atoms with Crippen LogP contribution in [0.5, 0.6) is 0 Å². The van der Waals surface area contributed by atoms with Crippen molar-refractivity contribution in [3.63, 3.8) is 0 Å². The lowest BCUT2D eigenvalue weighted by Crippen LogP contribution is -2.04. The Hall–Kier alpha value is -1.90. The van der Waals surface area contributed by atoms with Crippen molar-refractivity contribution in [3.05, 3.63) is 65.2 Å². The quantitative estimate of drug-likeness (QED) is 0.789. The standard InChI is InChI=1S/C17H19F2N/c1-2-3-5-13-8-10-14(11-9-13)20-12-15-16(18)6-4-7-17(15)19/h4,6-11,20H,2-3,5,12H2,1H3. The maximum atomic E-state index is 13.5.